The lowest BCUT2D eigenvalue weighted by molar-refractivity contribution is 0.0977. The lowest BCUT2D eigenvalue weighted by Gasteiger charge is -2.09. The predicted octanol–water partition coefficient (Wildman–Crippen LogP) is 3.03. The molecule has 3 rings (SSSR count). The van der Waals surface area contributed by atoms with Gasteiger partial charge in [-0.15, -0.1) is 5.10 Å². The maximum atomic E-state index is 12.5. The molecule has 0 fully saturated rings. The molecule has 1 aromatic heterocycles. The normalized spacial score (nSPS) is 10.6. The van der Waals surface area contributed by atoms with Crippen LogP contribution in [0, 0.1) is 5.92 Å². The Kier molecular flexibility index (Phi) is 6.85. The molecule has 0 saturated carbocycles. The molecule has 0 unspecified atom stereocenters. The second-order valence-corrected chi connectivity index (χ2v) is 7.18. The minimum absolute atomic E-state index is 0.0923. The second kappa shape index (κ2) is 9.74. The van der Waals surface area contributed by atoms with Crippen LogP contribution in [0.5, 0.6) is 5.75 Å². The zero-order valence-corrected chi connectivity index (χ0v) is 17.0. The number of hydrogen-bond acceptors (Lipinski definition) is 6. The summed E-state index contributed by atoms with van der Waals surface area (Å²) in [5, 5.41) is 17.4. The zero-order chi connectivity index (χ0) is 20.6. The minimum Gasteiger partial charge on any atom is -0.489 e. The molecular formula is C20H22N6O2S. The van der Waals surface area contributed by atoms with Crippen molar-refractivity contribution in [1.29, 1.82) is 0 Å². The third kappa shape index (κ3) is 6.35. The van der Waals surface area contributed by atoms with Gasteiger partial charge in [0.05, 0.1) is 6.54 Å². The Bertz CT molecular complexity index is 974. The summed E-state index contributed by atoms with van der Waals surface area (Å²) in [5.41, 5.74) is 1.47. The van der Waals surface area contributed by atoms with E-state index in [0.717, 1.165) is 5.56 Å². The standard InChI is InChI=1S/C20H22N6O2S/c1-14(2)12-26-24-19(23-25-26)22-20(29)21-18(27)16-9-6-10-17(11-16)28-13-15-7-4-3-5-8-15/h3-11,14H,12-13H2,1-2H3,(H2,21,22,24,27,29). The molecular weight excluding hydrogens is 388 g/mol. The highest BCUT2D eigenvalue weighted by Gasteiger charge is 2.11. The quantitative estimate of drug-likeness (QED) is 0.578. The number of anilines is 1. The number of rotatable bonds is 7. The Labute approximate surface area is 174 Å². The van der Waals surface area contributed by atoms with Gasteiger partial charge in [-0.2, -0.15) is 4.80 Å². The van der Waals surface area contributed by atoms with Crippen LogP contribution < -0.4 is 15.4 Å². The van der Waals surface area contributed by atoms with E-state index >= 15 is 0 Å². The number of nitrogens with zero attached hydrogens (tertiary/aromatic N) is 4. The number of benzene rings is 2. The number of thiocarbonyl (C=S) groups is 1. The summed E-state index contributed by atoms with van der Waals surface area (Å²) in [4.78, 5) is 13.9. The van der Waals surface area contributed by atoms with Crippen LogP contribution in [0.2, 0.25) is 0 Å². The molecule has 0 spiro atoms. The highest BCUT2D eigenvalue weighted by Crippen LogP contribution is 2.15. The van der Waals surface area contributed by atoms with Crippen molar-refractivity contribution in [1.82, 2.24) is 25.5 Å². The summed E-state index contributed by atoms with van der Waals surface area (Å²) in [7, 11) is 0. The van der Waals surface area contributed by atoms with Gasteiger partial charge in [-0.1, -0.05) is 55.3 Å². The van der Waals surface area contributed by atoms with Gasteiger partial charge < -0.3 is 4.74 Å². The number of carbonyl (C=O) groups is 1. The topological polar surface area (TPSA) is 94.0 Å². The molecule has 0 bridgehead atoms. The molecule has 2 N–H and O–H groups in total. The number of carbonyl (C=O) groups excluding carboxylic acids is 1. The van der Waals surface area contributed by atoms with Crippen LogP contribution >= 0.6 is 12.2 Å². The van der Waals surface area contributed by atoms with Crippen LogP contribution in [0.4, 0.5) is 5.95 Å². The van der Waals surface area contributed by atoms with Crippen molar-refractivity contribution in [3.05, 3.63) is 65.7 Å². The van der Waals surface area contributed by atoms with Crippen molar-refractivity contribution >= 4 is 29.2 Å². The van der Waals surface area contributed by atoms with Gasteiger partial charge in [0.1, 0.15) is 12.4 Å². The average Bonchev–Trinajstić information content (AvgIpc) is 3.13. The molecule has 1 heterocycles. The second-order valence-electron chi connectivity index (χ2n) is 6.77. The van der Waals surface area contributed by atoms with E-state index in [9.17, 15) is 4.79 Å². The van der Waals surface area contributed by atoms with Crippen LogP contribution in [0.25, 0.3) is 0 Å². The molecule has 0 aliphatic rings. The molecule has 1 amide bonds. The summed E-state index contributed by atoms with van der Waals surface area (Å²) in [5.74, 6) is 0.858. The van der Waals surface area contributed by atoms with E-state index in [1.54, 1.807) is 24.3 Å². The fourth-order valence-corrected chi connectivity index (χ4v) is 2.66. The van der Waals surface area contributed by atoms with Crippen molar-refractivity contribution in [2.24, 2.45) is 5.92 Å². The Hall–Kier alpha value is -3.33. The van der Waals surface area contributed by atoms with Gasteiger partial charge in [-0.3, -0.25) is 15.4 Å². The molecule has 0 saturated heterocycles. The number of ether oxygens (including phenoxy) is 1. The smallest absolute Gasteiger partial charge is 0.269 e. The maximum Gasteiger partial charge on any atom is 0.269 e. The number of amides is 1. The Morgan fingerprint density at radius 1 is 1.17 bits per heavy atom. The molecule has 8 nitrogen and oxygen atoms in total. The van der Waals surface area contributed by atoms with Crippen molar-refractivity contribution in [2.45, 2.75) is 27.0 Å². The maximum absolute atomic E-state index is 12.5. The van der Waals surface area contributed by atoms with E-state index in [1.165, 1.54) is 4.80 Å². The fraction of sp³-hybridized carbons (Fsp3) is 0.250. The predicted molar refractivity (Wildman–Crippen MR) is 114 cm³/mol. The Morgan fingerprint density at radius 3 is 2.72 bits per heavy atom. The largest absolute Gasteiger partial charge is 0.489 e. The third-order valence-corrected chi connectivity index (χ3v) is 3.98. The fourth-order valence-electron chi connectivity index (χ4n) is 2.47. The number of aromatic nitrogens is 4. The summed E-state index contributed by atoms with van der Waals surface area (Å²) >= 11 is 5.17. The first-order valence-corrected chi connectivity index (χ1v) is 9.57. The molecule has 0 aliphatic carbocycles. The van der Waals surface area contributed by atoms with E-state index in [4.69, 9.17) is 17.0 Å². The van der Waals surface area contributed by atoms with E-state index in [1.807, 2.05) is 30.3 Å². The minimum atomic E-state index is -0.359. The van der Waals surface area contributed by atoms with Gasteiger partial charge in [0, 0.05) is 5.56 Å². The molecule has 29 heavy (non-hydrogen) atoms. The first kappa shape index (κ1) is 20.4. The number of nitrogens with one attached hydrogen (secondary N) is 2. The van der Waals surface area contributed by atoms with Gasteiger partial charge >= 0.3 is 0 Å². The van der Waals surface area contributed by atoms with E-state index in [0.29, 0.717) is 30.4 Å². The van der Waals surface area contributed by atoms with Crippen LogP contribution in [0.3, 0.4) is 0 Å². The highest BCUT2D eigenvalue weighted by atomic mass is 32.1. The van der Waals surface area contributed by atoms with Crippen LogP contribution in [-0.2, 0) is 13.2 Å². The lowest BCUT2D eigenvalue weighted by atomic mass is 10.2. The Morgan fingerprint density at radius 2 is 1.97 bits per heavy atom. The van der Waals surface area contributed by atoms with E-state index < -0.39 is 0 Å². The first-order valence-electron chi connectivity index (χ1n) is 9.16. The summed E-state index contributed by atoms with van der Waals surface area (Å²) in [6, 6.07) is 16.7. The van der Waals surface area contributed by atoms with E-state index in [2.05, 4.69) is 39.9 Å². The van der Waals surface area contributed by atoms with E-state index in [-0.39, 0.29) is 17.0 Å². The van der Waals surface area contributed by atoms with Crippen LogP contribution in [-0.4, -0.2) is 31.2 Å². The van der Waals surface area contributed by atoms with Crippen molar-refractivity contribution in [3.63, 3.8) is 0 Å². The Balaban J connectivity index is 1.54. The van der Waals surface area contributed by atoms with Gasteiger partial charge in [0.2, 0.25) is 0 Å². The molecule has 3 aromatic rings. The van der Waals surface area contributed by atoms with Crippen molar-refractivity contribution in [3.8, 4) is 5.75 Å². The molecule has 0 aliphatic heterocycles. The van der Waals surface area contributed by atoms with Crippen molar-refractivity contribution < 1.29 is 9.53 Å². The SMILES string of the molecule is CC(C)Cn1nnc(NC(=S)NC(=O)c2cccc(OCc3ccccc3)c2)n1. The van der Waals surface area contributed by atoms with Gasteiger partial charge in [0.15, 0.2) is 5.11 Å². The first-order chi connectivity index (χ1) is 14.0. The van der Waals surface area contributed by atoms with Crippen LogP contribution in [0.15, 0.2) is 54.6 Å². The van der Waals surface area contributed by atoms with Crippen LogP contribution in [0.1, 0.15) is 29.8 Å². The molecule has 2 aromatic carbocycles. The zero-order valence-electron chi connectivity index (χ0n) is 16.2. The monoisotopic (exact) mass is 410 g/mol. The summed E-state index contributed by atoms with van der Waals surface area (Å²) < 4.78 is 5.76. The summed E-state index contributed by atoms with van der Waals surface area (Å²) in [6.45, 7) is 5.17. The molecule has 150 valence electrons. The molecule has 0 radical (unpaired) electrons. The third-order valence-electron chi connectivity index (χ3n) is 3.78. The molecule has 9 heteroatoms. The average molecular weight is 411 g/mol. The highest BCUT2D eigenvalue weighted by molar-refractivity contribution is 7.80. The summed E-state index contributed by atoms with van der Waals surface area (Å²) in [6.07, 6.45) is 0. The van der Waals surface area contributed by atoms with Gasteiger partial charge in [-0.25, -0.2) is 0 Å². The molecule has 0 atom stereocenters. The van der Waals surface area contributed by atoms with Crippen molar-refractivity contribution in [2.75, 3.05) is 5.32 Å². The van der Waals surface area contributed by atoms with Gasteiger partial charge in [0.25, 0.3) is 11.9 Å². The lowest BCUT2D eigenvalue weighted by Crippen LogP contribution is -2.34. The van der Waals surface area contributed by atoms with Gasteiger partial charge in [-0.05, 0) is 47.1 Å². The number of hydrogen-bond donors (Lipinski definition) is 2. The number of tetrazole rings is 1.